The predicted octanol–water partition coefficient (Wildman–Crippen LogP) is 13.9. The lowest BCUT2D eigenvalue weighted by Crippen LogP contribution is -1.96. The van der Waals surface area contributed by atoms with E-state index in [1.54, 1.807) is 0 Å². The molecule has 4 aromatic heterocycles. The highest BCUT2D eigenvalue weighted by molar-refractivity contribution is 6.14. The standard InChI is InChI=1S/C54H39N5O/c1-32-10-20-47-41(26-32)42-27-33(2)11-21-48(42)58(47)39-18-24-51-45(30-39)46-31-40(59-49-22-12-34(3)28-43(49)44-29-35(4)13-23-50(44)59)19-25-52(46)57(51)38-16-14-37(15-17-38)54-55-53(56-60-54)36-8-6-5-7-9-36/h5-31H,1-4H3. The number of hydrogen-bond acceptors (Lipinski definition) is 3. The van der Waals surface area contributed by atoms with Crippen molar-refractivity contribution in [3.05, 3.63) is 186 Å². The minimum absolute atomic E-state index is 0.491. The largest absolute Gasteiger partial charge is 0.334 e. The summed E-state index contributed by atoms with van der Waals surface area (Å²) in [7, 11) is 0. The molecule has 0 atom stereocenters. The molecule has 0 aliphatic heterocycles. The van der Waals surface area contributed by atoms with E-state index in [9.17, 15) is 0 Å². The Kier molecular flexibility index (Phi) is 7.39. The molecule has 0 aliphatic rings. The van der Waals surface area contributed by atoms with Crippen molar-refractivity contribution >= 4 is 65.4 Å². The predicted molar refractivity (Wildman–Crippen MR) is 247 cm³/mol. The number of aryl methyl sites for hydroxylation is 4. The molecule has 12 aromatic rings. The molecule has 60 heavy (non-hydrogen) atoms. The molecule has 12 rings (SSSR count). The SMILES string of the molecule is Cc1ccc2c(c1)c1cc(C)ccc1n2-c1ccc2c(c1)c1cc(-n3c4ccc(C)cc4c4cc(C)ccc43)ccc1n2-c1ccc(-c2nc(-c3ccccc3)no2)cc1. The van der Waals surface area contributed by atoms with Gasteiger partial charge in [0, 0.05) is 60.5 Å². The van der Waals surface area contributed by atoms with E-state index in [1.807, 2.05) is 30.3 Å². The summed E-state index contributed by atoms with van der Waals surface area (Å²) in [6.45, 7) is 8.69. The highest BCUT2D eigenvalue weighted by atomic mass is 16.5. The van der Waals surface area contributed by atoms with Gasteiger partial charge >= 0.3 is 0 Å². The van der Waals surface area contributed by atoms with Crippen LogP contribution in [0, 0.1) is 27.7 Å². The van der Waals surface area contributed by atoms with Crippen LogP contribution in [0.25, 0.3) is 105 Å². The van der Waals surface area contributed by atoms with Crippen molar-refractivity contribution in [2.24, 2.45) is 0 Å². The number of benzene rings is 8. The third-order valence-corrected chi connectivity index (χ3v) is 12.2. The van der Waals surface area contributed by atoms with E-state index in [1.165, 1.54) is 76.6 Å². The quantitative estimate of drug-likeness (QED) is 0.175. The number of nitrogens with zero attached hydrogens (tertiary/aromatic N) is 5. The minimum Gasteiger partial charge on any atom is -0.334 e. The topological polar surface area (TPSA) is 53.7 Å². The Morgan fingerprint density at radius 3 is 1.15 bits per heavy atom. The summed E-state index contributed by atoms with van der Waals surface area (Å²) in [6.07, 6.45) is 0. The van der Waals surface area contributed by atoms with Gasteiger partial charge in [-0.3, -0.25) is 0 Å². The van der Waals surface area contributed by atoms with Crippen molar-refractivity contribution in [2.45, 2.75) is 27.7 Å². The molecular weight excluding hydrogens is 735 g/mol. The van der Waals surface area contributed by atoms with Gasteiger partial charge < -0.3 is 18.2 Å². The molecular formula is C54H39N5O. The second-order valence-electron chi connectivity index (χ2n) is 16.3. The van der Waals surface area contributed by atoms with Crippen LogP contribution in [0.4, 0.5) is 0 Å². The van der Waals surface area contributed by atoms with Gasteiger partial charge in [-0.05, 0) is 137 Å². The van der Waals surface area contributed by atoms with E-state index < -0.39 is 0 Å². The van der Waals surface area contributed by atoms with Crippen molar-refractivity contribution < 1.29 is 4.52 Å². The Morgan fingerprint density at radius 1 is 0.350 bits per heavy atom. The molecule has 0 N–H and O–H groups in total. The summed E-state index contributed by atoms with van der Waals surface area (Å²) in [5.41, 5.74) is 17.2. The van der Waals surface area contributed by atoms with Gasteiger partial charge in [-0.1, -0.05) is 82.0 Å². The summed E-state index contributed by atoms with van der Waals surface area (Å²) in [6, 6.07) is 59.5. The van der Waals surface area contributed by atoms with Crippen LogP contribution >= 0.6 is 0 Å². The Balaban J connectivity index is 1.09. The lowest BCUT2D eigenvalue weighted by Gasteiger charge is -2.11. The zero-order valence-electron chi connectivity index (χ0n) is 33.7. The molecule has 4 heterocycles. The summed E-state index contributed by atoms with van der Waals surface area (Å²) in [4.78, 5) is 4.73. The summed E-state index contributed by atoms with van der Waals surface area (Å²) in [5.74, 6) is 1.07. The number of hydrogen-bond donors (Lipinski definition) is 0. The number of rotatable bonds is 5. The summed E-state index contributed by atoms with van der Waals surface area (Å²) >= 11 is 0. The second kappa shape index (κ2) is 12.9. The van der Waals surface area contributed by atoms with Crippen LogP contribution in [0.2, 0.25) is 0 Å². The fourth-order valence-corrected chi connectivity index (χ4v) is 9.41. The minimum atomic E-state index is 0.491. The summed E-state index contributed by atoms with van der Waals surface area (Å²) < 4.78 is 13.0. The van der Waals surface area contributed by atoms with Gasteiger partial charge in [0.25, 0.3) is 5.89 Å². The molecule has 0 unspecified atom stereocenters. The van der Waals surface area contributed by atoms with Crippen LogP contribution in [0.15, 0.2) is 168 Å². The Hall–Kier alpha value is -7.70. The monoisotopic (exact) mass is 773 g/mol. The molecule has 286 valence electrons. The first-order chi connectivity index (χ1) is 29.4. The molecule has 0 fully saturated rings. The molecule has 0 amide bonds. The first-order valence-corrected chi connectivity index (χ1v) is 20.5. The molecule has 0 saturated carbocycles. The molecule has 0 saturated heterocycles. The molecule has 0 radical (unpaired) electrons. The highest BCUT2D eigenvalue weighted by Crippen LogP contribution is 2.40. The molecule has 0 aliphatic carbocycles. The normalized spacial score (nSPS) is 12.0. The molecule has 6 heteroatoms. The van der Waals surface area contributed by atoms with Crippen LogP contribution in [-0.2, 0) is 0 Å². The van der Waals surface area contributed by atoms with Gasteiger partial charge in [-0.25, -0.2) is 0 Å². The van der Waals surface area contributed by atoms with Crippen molar-refractivity contribution in [1.29, 1.82) is 0 Å². The van der Waals surface area contributed by atoms with Crippen LogP contribution < -0.4 is 0 Å². The zero-order chi connectivity index (χ0) is 40.2. The highest BCUT2D eigenvalue weighted by Gasteiger charge is 2.20. The number of fused-ring (bicyclic) bond motifs is 9. The molecule has 8 aromatic carbocycles. The molecule has 0 spiro atoms. The zero-order valence-corrected chi connectivity index (χ0v) is 33.7. The van der Waals surface area contributed by atoms with Crippen LogP contribution in [-0.4, -0.2) is 23.8 Å². The summed E-state index contributed by atoms with van der Waals surface area (Å²) in [5, 5.41) is 11.7. The maximum absolute atomic E-state index is 5.75. The van der Waals surface area contributed by atoms with Crippen LogP contribution in [0.1, 0.15) is 22.3 Å². The first-order valence-electron chi connectivity index (χ1n) is 20.5. The Bertz CT molecular complexity index is 3390. The van der Waals surface area contributed by atoms with Gasteiger partial charge in [0.2, 0.25) is 5.82 Å². The maximum Gasteiger partial charge on any atom is 0.258 e. The van der Waals surface area contributed by atoms with Crippen molar-refractivity contribution in [3.63, 3.8) is 0 Å². The second-order valence-corrected chi connectivity index (χ2v) is 16.3. The van der Waals surface area contributed by atoms with E-state index in [0.29, 0.717) is 11.7 Å². The van der Waals surface area contributed by atoms with Gasteiger partial charge in [-0.15, -0.1) is 0 Å². The van der Waals surface area contributed by atoms with Crippen molar-refractivity contribution in [2.75, 3.05) is 0 Å². The lowest BCUT2D eigenvalue weighted by molar-refractivity contribution is 0.432. The number of aromatic nitrogens is 5. The van der Waals surface area contributed by atoms with Gasteiger partial charge in [-0.2, -0.15) is 4.98 Å². The fourth-order valence-electron chi connectivity index (χ4n) is 9.41. The average molecular weight is 774 g/mol. The van der Waals surface area contributed by atoms with E-state index >= 15 is 0 Å². The maximum atomic E-state index is 5.75. The average Bonchev–Trinajstić information content (AvgIpc) is 4.04. The van der Waals surface area contributed by atoms with E-state index in [-0.39, 0.29) is 0 Å². The Labute approximate surface area is 346 Å². The third-order valence-electron chi connectivity index (χ3n) is 12.2. The first kappa shape index (κ1) is 34.4. The van der Waals surface area contributed by atoms with Gasteiger partial charge in [0.15, 0.2) is 0 Å². The van der Waals surface area contributed by atoms with Crippen LogP contribution in [0.5, 0.6) is 0 Å². The van der Waals surface area contributed by atoms with Crippen molar-refractivity contribution in [3.8, 4) is 39.9 Å². The third kappa shape index (κ3) is 5.20. The van der Waals surface area contributed by atoms with Crippen LogP contribution in [0.3, 0.4) is 0 Å². The van der Waals surface area contributed by atoms with Gasteiger partial charge in [0.1, 0.15) is 0 Å². The van der Waals surface area contributed by atoms with Crippen molar-refractivity contribution in [1.82, 2.24) is 23.8 Å². The molecule has 6 nitrogen and oxygen atoms in total. The van der Waals surface area contributed by atoms with E-state index in [0.717, 1.165) is 39.2 Å². The smallest absolute Gasteiger partial charge is 0.258 e. The molecule has 0 bridgehead atoms. The van der Waals surface area contributed by atoms with E-state index in [4.69, 9.17) is 9.51 Å². The van der Waals surface area contributed by atoms with Gasteiger partial charge in [0.05, 0.1) is 33.1 Å². The Morgan fingerprint density at radius 2 is 0.717 bits per heavy atom. The van der Waals surface area contributed by atoms with E-state index in [2.05, 4.69) is 180 Å². The lowest BCUT2D eigenvalue weighted by atomic mass is 10.1. The fraction of sp³-hybridized carbons (Fsp3) is 0.0741.